The van der Waals surface area contributed by atoms with Crippen molar-refractivity contribution in [2.24, 2.45) is 7.05 Å². The average molecular weight is 338 g/mol. The van der Waals surface area contributed by atoms with Gasteiger partial charge in [-0.2, -0.15) is 5.10 Å². The van der Waals surface area contributed by atoms with Crippen molar-refractivity contribution in [3.05, 3.63) is 64.2 Å². The van der Waals surface area contributed by atoms with Crippen LogP contribution in [0, 0.1) is 6.92 Å². The fourth-order valence-corrected chi connectivity index (χ4v) is 3.16. The first-order valence-electron chi connectivity index (χ1n) is 8.37. The third kappa shape index (κ3) is 3.33. The van der Waals surface area contributed by atoms with Gasteiger partial charge in [-0.05, 0) is 31.0 Å². The van der Waals surface area contributed by atoms with E-state index in [2.05, 4.69) is 10.4 Å². The van der Waals surface area contributed by atoms with Crippen molar-refractivity contribution in [2.45, 2.75) is 32.9 Å². The Morgan fingerprint density at radius 1 is 1.28 bits per heavy atom. The Labute approximate surface area is 146 Å². The highest BCUT2D eigenvalue weighted by Gasteiger charge is 2.17. The summed E-state index contributed by atoms with van der Waals surface area (Å²) in [6.45, 7) is 3.91. The molecule has 6 nitrogen and oxygen atoms in total. The van der Waals surface area contributed by atoms with Crippen molar-refractivity contribution in [3.8, 4) is 0 Å². The number of nitrogens with one attached hydrogen (secondary N) is 1. The number of carbonyl (C=O) groups is 1. The quantitative estimate of drug-likeness (QED) is 0.776. The van der Waals surface area contributed by atoms with Crippen LogP contribution in [0.15, 0.2) is 47.4 Å². The van der Waals surface area contributed by atoms with Gasteiger partial charge in [-0.25, -0.2) is 0 Å². The third-order valence-corrected chi connectivity index (χ3v) is 4.49. The van der Waals surface area contributed by atoms with Crippen LogP contribution in [0.4, 0.5) is 0 Å². The summed E-state index contributed by atoms with van der Waals surface area (Å²) >= 11 is 0. The molecule has 1 amide bonds. The maximum atomic E-state index is 12.6. The molecule has 0 fully saturated rings. The van der Waals surface area contributed by atoms with Crippen molar-refractivity contribution in [1.82, 2.24) is 19.7 Å². The van der Waals surface area contributed by atoms with E-state index in [1.165, 1.54) is 4.57 Å². The zero-order chi connectivity index (χ0) is 18.0. The Balaban J connectivity index is 1.88. The predicted octanol–water partition coefficient (Wildman–Crippen LogP) is 2.31. The Morgan fingerprint density at radius 3 is 2.72 bits per heavy atom. The van der Waals surface area contributed by atoms with Crippen LogP contribution in [0.2, 0.25) is 0 Å². The smallest absolute Gasteiger partial charge is 0.251 e. The molecule has 0 radical (unpaired) electrons. The first-order chi connectivity index (χ1) is 12.0. The van der Waals surface area contributed by atoms with E-state index in [0.717, 1.165) is 28.6 Å². The van der Waals surface area contributed by atoms with Crippen molar-refractivity contribution in [2.75, 3.05) is 0 Å². The highest BCUT2D eigenvalue weighted by Crippen LogP contribution is 2.17. The van der Waals surface area contributed by atoms with Crippen LogP contribution in [0.5, 0.6) is 0 Å². The van der Waals surface area contributed by atoms with Crippen molar-refractivity contribution in [3.63, 3.8) is 0 Å². The summed E-state index contributed by atoms with van der Waals surface area (Å²) in [5.41, 5.74) is 2.46. The van der Waals surface area contributed by atoms with Crippen molar-refractivity contribution in [1.29, 1.82) is 0 Å². The topological polar surface area (TPSA) is 68.9 Å². The largest absolute Gasteiger partial charge is 0.346 e. The Bertz CT molecular complexity index is 971. The van der Waals surface area contributed by atoms with Gasteiger partial charge in [0.2, 0.25) is 5.91 Å². The van der Waals surface area contributed by atoms with Gasteiger partial charge in [0.15, 0.2) is 0 Å². The number of hydrogen-bond donors (Lipinski definition) is 1. The number of carbonyl (C=O) groups excluding carboxylic acids is 1. The number of benzene rings is 1. The number of aromatic nitrogens is 3. The summed E-state index contributed by atoms with van der Waals surface area (Å²) in [6, 6.07) is 11.0. The molecule has 0 saturated heterocycles. The molecule has 1 N–H and O–H groups in total. The van der Waals surface area contributed by atoms with Gasteiger partial charge < -0.3 is 5.32 Å². The second-order valence-corrected chi connectivity index (χ2v) is 6.18. The monoisotopic (exact) mass is 338 g/mol. The van der Waals surface area contributed by atoms with E-state index in [0.29, 0.717) is 0 Å². The highest BCUT2D eigenvalue weighted by atomic mass is 16.2. The molecule has 6 heteroatoms. The fourth-order valence-electron chi connectivity index (χ4n) is 3.16. The molecule has 0 saturated carbocycles. The predicted molar refractivity (Wildman–Crippen MR) is 97.3 cm³/mol. The SMILES string of the molecule is CCC(NC(=O)Cn1c(=O)cc(C)c2ccccc21)c1ccnn1C. The second kappa shape index (κ2) is 6.93. The molecule has 2 aromatic heterocycles. The summed E-state index contributed by atoms with van der Waals surface area (Å²) < 4.78 is 3.27. The molecule has 3 aromatic rings. The molecule has 1 atom stereocenters. The van der Waals surface area contributed by atoms with Crippen LogP contribution in [0.25, 0.3) is 10.9 Å². The number of pyridine rings is 1. The van der Waals surface area contributed by atoms with Crippen LogP contribution in [0.3, 0.4) is 0 Å². The third-order valence-electron chi connectivity index (χ3n) is 4.49. The van der Waals surface area contributed by atoms with Crippen molar-refractivity contribution < 1.29 is 4.79 Å². The van der Waals surface area contributed by atoms with E-state index in [1.807, 2.05) is 51.2 Å². The molecule has 0 aliphatic heterocycles. The average Bonchev–Trinajstić information content (AvgIpc) is 3.02. The Hall–Kier alpha value is -2.89. The lowest BCUT2D eigenvalue weighted by molar-refractivity contribution is -0.122. The molecular weight excluding hydrogens is 316 g/mol. The van der Waals surface area contributed by atoms with Gasteiger partial charge in [-0.15, -0.1) is 0 Å². The minimum absolute atomic E-state index is 0.00597. The van der Waals surface area contributed by atoms with E-state index in [-0.39, 0.29) is 24.1 Å². The number of fused-ring (bicyclic) bond motifs is 1. The van der Waals surface area contributed by atoms with Crippen LogP contribution >= 0.6 is 0 Å². The van der Waals surface area contributed by atoms with Crippen LogP contribution in [0.1, 0.15) is 30.6 Å². The van der Waals surface area contributed by atoms with Gasteiger partial charge in [0.1, 0.15) is 6.54 Å². The van der Waals surface area contributed by atoms with Gasteiger partial charge >= 0.3 is 0 Å². The summed E-state index contributed by atoms with van der Waals surface area (Å²) in [4.78, 5) is 25.0. The first kappa shape index (κ1) is 17.0. The Morgan fingerprint density at radius 2 is 2.04 bits per heavy atom. The zero-order valence-electron chi connectivity index (χ0n) is 14.7. The zero-order valence-corrected chi connectivity index (χ0v) is 14.7. The number of hydrogen-bond acceptors (Lipinski definition) is 3. The summed E-state index contributed by atoms with van der Waals surface area (Å²) in [5.74, 6) is -0.191. The number of nitrogens with zero attached hydrogens (tertiary/aromatic N) is 3. The number of amides is 1. The summed E-state index contributed by atoms with van der Waals surface area (Å²) in [6.07, 6.45) is 2.46. The lowest BCUT2D eigenvalue weighted by atomic mass is 10.1. The van der Waals surface area contributed by atoms with Gasteiger partial charge in [0, 0.05) is 24.7 Å². The Kier molecular flexibility index (Phi) is 4.70. The van der Waals surface area contributed by atoms with Gasteiger partial charge in [-0.1, -0.05) is 25.1 Å². The maximum Gasteiger partial charge on any atom is 0.251 e. The molecule has 0 aliphatic rings. The number of rotatable bonds is 5. The molecule has 0 spiro atoms. The molecule has 2 heterocycles. The van der Waals surface area contributed by atoms with E-state index in [1.54, 1.807) is 16.9 Å². The number of para-hydroxylation sites is 1. The van der Waals surface area contributed by atoms with Gasteiger partial charge in [-0.3, -0.25) is 18.8 Å². The molecule has 0 bridgehead atoms. The fraction of sp³-hybridized carbons (Fsp3) is 0.316. The van der Waals surface area contributed by atoms with Gasteiger partial charge in [0.25, 0.3) is 5.56 Å². The van der Waals surface area contributed by atoms with Gasteiger partial charge in [0.05, 0.1) is 17.3 Å². The summed E-state index contributed by atoms with van der Waals surface area (Å²) in [5, 5.41) is 8.14. The van der Waals surface area contributed by atoms with Crippen LogP contribution in [-0.4, -0.2) is 20.3 Å². The van der Waals surface area contributed by atoms with E-state index in [9.17, 15) is 9.59 Å². The van der Waals surface area contributed by atoms with E-state index >= 15 is 0 Å². The first-order valence-corrected chi connectivity index (χ1v) is 8.37. The normalized spacial score (nSPS) is 12.3. The minimum Gasteiger partial charge on any atom is -0.346 e. The minimum atomic E-state index is -0.191. The van der Waals surface area contributed by atoms with Crippen LogP contribution < -0.4 is 10.9 Å². The second-order valence-electron chi connectivity index (χ2n) is 6.18. The highest BCUT2D eigenvalue weighted by molar-refractivity contribution is 5.84. The molecule has 25 heavy (non-hydrogen) atoms. The summed E-state index contributed by atoms with van der Waals surface area (Å²) in [7, 11) is 1.85. The van der Waals surface area contributed by atoms with Crippen LogP contribution in [-0.2, 0) is 18.4 Å². The number of aryl methyl sites for hydroxylation is 2. The van der Waals surface area contributed by atoms with E-state index in [4.69, 9.17) is 0 Å². The van der Waals surface area contributed by atoms with Crippen molar-refractivity contribution >= 4 is 16.8 Å². The lowest BCUT2D eigenvalue weighted by Crippen LogP contribution is -2.35. The molecular formula is C19H22N4O2. The molecule has 3 rings (SSSR count). The van der Waals surface area contributed by atoms with E-state index < -0.39 is 0 Å². The molecule has 130 valence electrons. The standard InChI is InChI=1S/C19H22N4O2/c1-4-15(17-9-10-20-22(17)3)21-18(24)12-23-16-8-6-5-7-14(16)13(2)11-19(23)25/h5-11,15H,4,12H2,1-3H3,(H,21,24). The maximum absolute atomic E-state index is 12.6. The molecule has 1 unspecified atom stereocenters. The lowest BCUT2D eigenvalue weighted by Gasteiger charge is -2.18. The molecule has 1 aromatic carbocycles. The molecule has 0 aliphatic carbocycles.